The highest BCUT2D eigenvalue weighted by Gasteiger charge is 2.57. The standard InChI is InChI=1S/C19H28O4/c1-13(2)18(21)22-12-17(20)23-19(15-6-4-3-5-7-15)11-14-8-9-16(19)10-14/h14-16H,1,3-12H2,2H3. The number of esters is 2. The summed E-state index contributed by atoms with van der Waals surface area (Å²) in [6.45, 7) is 4.81. The van der Waals surface area contributed by atoms with Crippen LogP contribution < -0.4 is 0 Å². The normalized spacial score (nSPS) is 33.4. The first-order valence-corrected chi connectivity index (χ1v) is 9.06. The Morgan fingerprint density at radius 3 is 2.39 bits per heavy atom. The van der Waals surface area contributed by atoms with Gasteiger partial charge in [0.25, 0.3) is 0 Å². The third-order valence-electron chi connectivity index (χ3n) is 6.11. The lowest BCUT2D eigenvalue weighted by Crippen LogP contribution is -2.48. The maximum atomic E-state index is 12.3. The summed E-state index contributed by atoms with van der Waals surface area (Å²) >= 11 is 0. The number of rotatable bonds is 5. The van der Waals surface area contributed by atoms with Crippen molar-refractivity contribution < 1.29 is 19.1 Å². The first-order chi connectivity index (χ1) is 11.0. The van der Waals surface area contributed by atoms with Gasteiger partial charge in [-0.15, -0.1) is 0 Å². The highest BCUT2D eigenvalue weighted by Crippen LogP contribution is 2.58. The summed E-state index contributed by atoms with van der Waals surface area (Å²) in [5, 5.41) is 0. The van der Waals surface area contributed by atoms with Gasteiger partial charge >= 0.3 is 11.9 Å². The minimum absolute atomic E-state index is 0.282. The van der Waals surface area contributed by atoms with Crippen LogP contribution in [0.1, 0.15) is 64.7 Å². The van der Waals surface area contributed by atoms with Crippen LogP contribution in [0.25, 0.3) is 0 Å². The minimum atomic E-state index is -0.526. The molecule has 0 saturated heterocycles. The van der Waals surface area contributed by atoms with Crippen LogP contribution in [0.3, 0.4) is 0 Å². The van der Waals surface area contributed by atoms with Crippen molar-refractivity contribution in [2.75, 3.05) is 6.61 Å². The fourth-order valence-corrected chi connectivity index (χ4v) is 5.11. The van der Waals surface area contributed by atoms with Gasteiger partial charge in [0.05, 0.1) is 0 Å². The second-order valence-electron chi connectivity index (χ2n) is 7.70. The van der Waals surface area contributed by atoms with Crippen molar-refractivity contribution in [3.8, 4) is 0 Å². The summed E-state index contributed by atoms with van der Waals surface area (Å²) in [6.07, 6.45) is 10.8. The van der Waals surface area contributed by atoms with Crippen LogP contribution in [-0.4, -0.2) is 24.1 Å². The molecule has 4 heteroatoms. The molecule has 0 radical (unpaired) electrons. The molecule has 3 unspecified atom stereocenters. The van der Waals surface area contributed by atoms with Crippen molar-refractivity contribution in [3.63, 3.8) is 0 Å². The van der Waals surface area contributed by atoms with Gasteiger partial charge in [0, 0.05) is 5.57 Å². The fourth-order valence-electron chi connectivity index (χ4n) is 5.11. The van der Waals surface area contributed by atoms with Crippen LogP contribution in [0.4, 0.5) is 0 Å². The van der Waals surface area contributed by atoms with Gasteiger partial charge in [-0.25, -0.2) is 9.59 Å². The molecule has 3 atom stereocenters. The quantitative estimate of drug-likeness (QED) is 0.571. The predicted molar refractivity (Wildman–Crippen MR) is 86.6 cm³/mol. The number of hydrogen-bond donors (Lipinski definition) is 0. The molecule has 0 N–H and O–H groups in total. The monoisotopic (exact) mass is 320 g/mol. The molecule has 0 aromatic carbocycles. The van der Waals surface area contributed by atoms with E-state index < -0.39 is 11.9 Å². The molecular formula is C19H28O4. The number of fused-ring (bicyclic) bond motifs is 2. The van der Waals surface area contributed by atoms with Gasteiger partial charge in [-0.3, -0.25) is 0 Å². The van der Waals surface area contributed by atoms with E-state index in [1.807, 2.05) is 0 Å². The summed E-state index contributed by atoms with van der Waals surface area (Å²) in [5.41, 5.74) is 0.0236. The molecule has 3 aliphatic rings. The lowest BCUT2D eigenvalue weighted by molar-refractivity contribution is -0.183. The van der Waals surface area contributed by atoms with Gasteiger partial charge in [0.1, 0.15) is 5.60 Å². The second kappa shape index (κ2) is 6.66. The van der Waals surface area contributed by atoms with Crippen molar-refractivity contribution >= 4 is 11.9 Å². The Hall–Kier alpha value is -1.32. The average molecular weight is 320 g/mol. The molecule has 3 fully saturated rings. The Kier molecular flexibility index (Phi) is 4.79. The highest BCUT2D eigenvalue weighted by atomic mass is 16.6. The van der Waals surface area contributed by atoms with E-state index in [0.717, 1.165) is 6.42 Å². The van der Waals surface area contributed by atoms with Gasteiger partial charge in [0.15, 0.2) is 6.61 Å². The van der Waals surface area contributed by atoms with Gasteiger partial charge < -0.3 is 9.47 Å². The van der Waals surface area contributed by atoms with Crippen molar-refractivity contribution in [3.05, 3.63) is 12.2 Å². The van der Waals surface area contributed by atoms with E-state index in [9.17, 15) is 9.59 Å². The van der Waals surface area contributed by atoms with Crippen LogP contribution in [0.2, 0.25) is 0 Å². The molecule has 0 aromatic rings. The Morgan fingerprint density at radius 1 is 1.09 bits per heavy atom. The smallest absolute Gasteiger partial charge is 0.344 e. The Morgan fingerprint density at radius 2 is 1.83 bits per heavy atom. The molecule has 0 heterocycles. The van der Waals surface area contributed by atoms with Gasteiger partial charge in [-0.2, -0.15) is 0 Å². The van der Waals surface area contributed by atoms with Crippen LogP contribution >= 0.6 is 0 Å². The number of carbonyl (C=O) groups is 2. The van der Waals surface area contributed by atoms with Crippen LogP contribution in [0.5, 0.6) is 0 Å². The predicted octanol–water partition coefficient (Wildman–Crippen LogP) is 3.79. The molecule has 0 aliphatic heterocycles. The summed E-state index contributed by atoms with van der Waals surface area (Å²) in [5.74, 6) is 0.802. The number of hydrogen-bond acceptors (Lipinski definition) is 4. The first kappa shape index (κ1) is 16.5. The lowest BCUT2D eigenvalue weighted by atomic mass is 9.69. The Labute approximate surface area is 138 Å². The zero-order valence-corrected chi connectivity index (χ0v) is 14.1. The van der Waals surface area contributed by atoms with Crippen LogP contribution in [0.15, 0.2) is 12.2 Å². The van der Waals surface area contributed by atoms with Crippen molar-refractivity contribution in [1.29, 1.82) is 0 Å². The highest BCUT2D eigenvalue weighted by molar-refractivity contribution is 5.88. The molecule has 0 aromatic heterocycles. The van der Waals surface area contributed by atoms with Crippen molar-refractivity contribution in [1.82, 2.24) is 0 Å². The van der Waals surface area contributed by atoms with Crippen molar-refractivity contribution in [2.45, 2.75) is 70.3 Å². The topological polar surface area (TPSA) is 52.6 Å². The Balaban J connectivity index is 1.66. The SMILES string of the molecule is C=C(C)C(=O)OCC(=O)OC1(C2CCCCC2)CC2CCC1C2. The molecule has 2 bridgehead atoms. The van der Waals surface area contributed by atoms with Gasteiger partial charge in [-0.05, 0) is 63.2 Å². The summed E-state index contributed by atoms with van der Waals surface area (Å²) in [4.78, 5) is 23.8. The lowest BCUT2D eigenvalue weighted by Gasteiger charge is -2.45. The number of carbonyl (C=O) groups excluding carboxylic acids is 2. The molecule has 0 spiro atoms. The van der Waals surface area contributed by atoms with Gasteiger partial charge in [-0.1, -0.05) is 25.8 Å². The summed E-state index contributed by atoms with van der Waals surface area (Å²) < 4.78 is 11.0. The largest absolute Gasteiger partial charge is 0.456 e. The fraction of sp³-hybridized carbons (Fsp3) is 0.789. The molecule has 0 amide bonds. The van der Waals surface area contributed by atoms with Crippen LogP contribution in [-0.2, 0) is 19.1 Å². The maximum absolute atomic E-state index is 12.3. The van der Waals surface area contributed by atoms with Gasteiger partial charge in [0.2, 0.25) is 0 Å². The zero-order valence-electron chi connectivity index (χ0n) is 14.1. The molecule has 3 saturated carbocycles. The molecule has 3 aliphatic carbocycles. The average Bonchev–Trinajstić information content (AvgIpc) is 3.14. The first-order valence-electron chi connectivity index (χ1n) is 9.06. The molecular weight excluding hydrogens is 292 g/mol. The van der Waals surface area contributed by atoms with Crippen LogP contribution in [0, 0.1) is 17.8 Å². The Bertz CT molecular complexity index is 492. The summed E-state index contributed by atoms with van der Waals surface area (Å²) in [6, 6.07) is 0. The molecule has 3 rings (SSSR count). The second-order valence-corrected chi connectivity index (χ2v) is 7.70. The minimum Gasteiger partial charge on any atom is -0.456 e. The summed E-state index contributed by atoms with van der Waals surface area (Å²) in [7, 11) is 0. The van der Waals surface area contributed by atoms with E-state index in [-0.39, 0.29) is 12.2 Å². The molecule has 128 valence electrons. The van der Waals surface area contributed by atoms with Crippen molar-refractivity contribution in [2.24, 2.45) is 17.8 Å². The maximum Gasteiger partial charge on any atom is 0.344 e. The van der Waals surface area contributed by atoms with E-state index in [0.29, 0.717) is 23.3 Å². The zero-order chi connectivity index (χ0) is 16.4. The number of ether oxygens (including phenoxy) is 2. The van der Waals surface area contributed by atoms with E-state index >= 15 is 0 Å². The van der Waals surface area contributed by atoms with E-state index in [1.165, 1.54) is 51.4 Å². The third-order valence-corrected chi connectivity index (χ3v) is 6.11. The van der Waals surface area contributed by atoms with E-state index in [2.05, 4.69) is 6.58 Å². The van der Waals surface area contributed by atoms with E-state index in [1.54, 1.807) is 6.92 Å². The van der Waals surface area contributed by atoms with E-state index in [4.69, 9.17) is 9.47 Å². The molecule has 23 heavy (non-hydrogen) atoms. The molecule has 4 nitrogen and oxygen atoms in total. The third kappa shape index (κ3) is 3.31.